The lowest BCUT2D eigenvalue weighted by molar-refractivity contribution is 0.0535. The van der Waals surface area contributed by atoms with Crippen LogP contribution in [0.2, 0.25) is 0 Å². The third-order valence-electron chi connectivity index (χ3n) is 3.40. The number of anilines is 1. The normalized spacial score (nSPS) is 10.9. The zero-order chi connectivity index (χ0) is 19.4. The van der Waals surface area contributed by atoms with Gasteiger partial charge in [0.1, 0.15) is 16.4 Å². The Bertz CT molecular complexity index is 1010. The van der Waals surface area contributed by atoms with Gasteiger partial charge in [0, 0.05) is 11.8 Å². The van der Waals surface area contributed by atoms with Crippen LogP contribution in [0.25, 0.3) is 20.8 Å². The molecule has 2 aromatic heterocycles. The highest BCUT2D eigenvalue weighted by Gasteiger charge is 2.15. The van der Waals surface area contributed by atoms with Crippen molar-refractivity contribution in [1.82, 2.24) is 15.3 Å². The molecule has 0 aliphatic heterocycles. The summed E-state index contributed by atoms with van der Waals surface area (Å²) in [6.45, 7) is 5.60. The molecule has 0 aliphatic carbocycles. The second-order valence-electron chi connectivity index (χ2n) is 6.80. The molecule has 3 rings (SSSR count). The first-order chi connectivity index (χ1) is 12.8. The maximum absolute atomic E-state index is 11.6. The summed E-state index contributed by atoms with van der Waals surface area (Å²) in [7, 11) is 0. The van der Waals surface area contributed by atoms with Crippen molar-refractivity contribution < 1.29 is 9.53 Å². The predicted molar refractivity (Wildman–Crippen MR) is 108 cm³/mol. The molecular weight excluding hydrogens is 360 g/mol. The molecule has 0 bridgehead atoms. The van der Waals surface area contributed by atoms with E-state index in [-0.39, 0.29) is 6.54 Å². The SMILES string of the molecule is CC(C)(C)OC(=O)NCC#Cc1cnc(N)c(-c2nc3ccccc3s2)c1. The lowest BCUT2D eigenvalue weighted by Crippen LogP contribution is -2.32. The Morgan fingerprint density at radius 2 is 2.11 bits per heavy atom. The number of thiazole rings is 1. The van der Waals surface area contributed by atoms with E-state index in [0.717, 1.165) is 20.8 Å². The third kappa shape index (κ3) is 4.96. The van der Waals surface area contributed by atoms with Gasteiger partial charge < -0.3 is 15.8 Å². The van der Waals surface area contributed by atoms with Gasteiger partial charge in [-0.1, -0.05) is 24.0 Å². The van der Waals surface area contributed by atoms with Crippen LogP contribution in [-0.4, -0.2) is 28.2 Å². The second-order valence-corrected chi connectivity index (χ2v) is 7.83. The van der Waals surface area contributed by atoms with Gasteiger partial charge in [0.15, 0.2) is 0 Å². The Morgan fingerprint density at radius 1 is 1.33 bits per heavy atom. The van der Waals surface area contributed by atoms with E-state index in [4.69, 9.17) is 10.5 Å². The first kappa shape index (κ1) is 18.7. The largest absolute Gasteiger partial charge is 0.444 e. The van der Waals surface area contributed by atoms with Gasteiger partial charge in [-0.2, -0.15) is 0 Å². The first-order valence-corrected chi connectivity index (χ1v) is 9.21. The Labute approximate surface area is 161 Å². The second kappa shape index (κ2) is 7.64. The number of carbonyl (C=O) groups excluding carboxylic acids is 1. The zero-order valence-corrected chi connectivity index (χ0v) is 16.2. The number of amides is 1. The Morgan fingerprint density at radius 3 is 2.85 bits per heavy atom. The standard InChI is InChI=1S/C20H20N4O2S/c1-20(2,3)26-19(25)22-10-6-7-13-11-14(17(21)23-12-13)18-24-15-8-4-5-9-16(15)27-18/h4-5,8-9,11-12H,10H2,1-3H3,(H2,21,23)(H,22,25). The molecule has 2 heterocycles. The van der Waals surface area contributed by atoms with Gasteiger partial charge in [-0.15, -0.1) is 11.3 Å². The van der Waals surface area contributed by atoms with E-state index < -0.39 is 11.7 Å². The number of pyridine rings is 1. The number of nitrogens with zero attached hydrogens (tertiary/aromatic N) is 2. The summed E-state index contributed by atoms with van der Waals surface area (Å²) in [4.78, 5) is 20.4. The van der Waals surface area contributed by atoms with Crippen molar-refractivity contribution in [1.29, 1.82) is 0 Å². The number of alkyl carbamates (subject to hydrolysis) is 1. The molecular formula is C20H20N4O2S. The molecule has 0 saturated carbocycles. The molecule has 138 valence electrons. The molecule has 3 N–H and O–H groups in total. The monoisotopic (exact) mass is 380 g/mol. The predicted octanol–water partition coefficient (Wildman–Crippen LogP) is 3.82. The van der Waals surface area contributed by atoms with Gasteiger partial charge in [0.2, 0.25) is 0 Å². The number of aromatic nitrogens is 2. The van der Waals surface area contributed by atoms with Gasteiger partial charge >= 0.3 is 6.09 Å². The number of carbonyl (C=O) groups is 1. The fraction of sp³-hybridized carbons (Fsp3) is 0.250. The molecule has 0 atom stereocenters. The summed E-state index contributed by atoms with van der Waals surface area (Å²) >= 11 is 1.56. The van der Waals surface area contributed by atoms with Crippen molar-refractivity contribution in [2.45, 2.75) is 26.4 Å². The van der Waals surface area contributed by atoms with Crippen LogP contribution in [0.3, 0.4) is 0 Å². The summed E-state index contributed by atoms with van der Waals surface area (Å²) in [5, 5.41) is 3.40. The molecule has 1 amide bonds. The van der Waals surface area contributed by atoms with E-state index in [9.17, 15) is 4.79 Å². The van der Waals surface area contributed by atoms with Crippen LogP contribution in [0.4, 0.5) is 10.6 Å². The Kier molecular flexibility index (Phi) is 5.28. The van der Waals surface area contributed by atoms with Crippen LogP contribution in [0, 0.1) is 11.8 Å². The summed E-state index contributed by atoms with van der Waals surface area (Å²) < 4.78 is 6.25. The van der Waals surface area contributed by atoms with E-state index in [1.807, 2.05) is 51.1 Å². The lowest BCUT2D eigenvalue weighted by Gasteiger charge is -2.18. The van der Waals surface area contributed by atoms with Gasteiger partial charge in [-0.25, -0.2) is 14.8 Å². The number of benzene rings is 1. The molecule has 0 aliphatic rings. The summed E-state index contributed by atoms with van der Waals surface area (Å²) in [5.41, 5.74) is 7.87. The molecule has 0 spiro atoms. The van der Waals surface area contributed by atoms with E-state index >= 15 is 0 Å². The van der Waals surface area contributed by atoms with E-state index in [1.54, 1.807) is 17.5 Å². The number of hydrogen-bond acceptors (Lipinski definition) is 6. The third-order valence-corrected chi connectivity index (χ3v) is 4.47. The van der Waals surface area contributed by atoms with Gasteiger partial charge in [0.05, 0.1) is 22.3 Å². The highest BCUT2D eigenvalue weighted by atomic mass is 32.1. The average Bonchev–Trinajstić information content (AvgIpc) is 3.02. The van der Waals surface area contributed by atoms with Crippen molar-refractivity contribution in [3.05, 3.63) is 42.1 Å². The number of ether oxygens (including phenoxy) is 1. The minimum atomic E-state index is -0.537. The summed E-state index contributed by atoms with van der Waals surface area (Å²) in [6, 6.07) is 9.77. The topological polar surface area (TPSA) is 90.1 Å². The van der Waals surface area contributed by atoms with Crippen LogP contribution >= 0.6 is 11.3 Å². The average molecular weight is 380 g/mol. The van der Waals surface area contributed by atoms with Crippen molar-refractivity contribution in [2.75, 3.05) is 12.3 Å². The molecule has 1 aromatic carbocycles. The molecule has 6 nitrogen and oxygen atoms in total. The zero-order valence-electron chi connectivity index (χ0n) is 15.4. The summed E-state index contributed by atoms with van der Waals surface area (Å²) in [5.74, 6) is 6.26. The van der Waals surface area contributed by atoms with Crippen molar-refractivity contribution in [3.8, 4) is 22.4 Å². The summed E-state index contributed by atoms with van der Waals surface area (Å²) in [6.07, 6.45) is 1.11. The molecule has 0 saturated heterocycles. The number of nitrogens with two attached hydrogens (primary N) is 1. The van der Waals surface area contributed by atoms with Crippen LogP contribution in [0.1, 0.15) is 26.3 Å². The lowest BCUT2D eigenvalue weighted by atomic mass is 10.2. The molecule has 7 heteroatoms. The van der Waals surface area contributed by atoms with Crippen molar-refractivity contribution in [3.63, 3.8) is 0 Å². The maximum Gasteiger partial charge on any atom is 0.408 e. The number of nitrogen functional groups attached to an aromatic ring is 1. The van der Waals surface area contributed by atoms with E-state index in [0.29, 0.717) is 11.4 Å². The van der Waals surface area contributed by atoms with Gasteiger partial charge in [-0.3, -0.25) is 0 Å². The smallest absolute Gasteiger partial charge is 0.408 e. The molecule has 27 heavy (non-hydrogen) atoms. The quantitative estimate of drug-likeness (QED) is 0.660. The van der Waals surface area contributed by atoms with Crippen molar-refractivity contribution >= 4 is 33.5 Å². The van der Waals surface area contributed by atoms with Gasteiger partial charge in [-0.05, 0) is 39.0 Å². The van der Waals surface area contributed by atoms with Crippen LogP contribution in [0.15, 0.2) is 36.5 Å². The Hall–Kier alpha value is -3.11. The highest BCUT2D eigenvalue weighted by Crippen LogP contribution is 2.32. The molecule has 0 fully saturated rings. The molecule has 3 aromatic rings. The number of nitrogens with one attached hydrogen (secondary N) is 1. The fourth-order valence-electron chi connectivity index (χ4n) is 2.28. The van der Waals surface area contributed by atoms with Crippen LogP contribution < -0.4 is 11.1 Å². The maximum atomic E-state index is 11.6. The minimum Gasteiger partial charge on any atom is -0.444 e. The Balaban J connectivity index is 1.74. The van der Waals surface area contributed by atoms with Crippen LogP contribution in [0.5, 0.6) is 0 Å². The number of fused-ring (bicyclic) bond motifs is 1. The fourth-order valence-corrected chi connectivity index (χ4v) is 3.27. The number of hydrogen-bond donors (Lipinski definition) is 2. The molecule has 0 radical (unpaired) electrons. The van der Waals surface area contributed by atoms with E-state index in [1.165, 1.54) is 0 Å². The first-order valence-electron chi connectivity index (χ1n) is 8.39. The van der Waals surface area contributed by atoms with Gasteiger partial charge in [0.25, 0.3) is 0 Å². The molecule has 0 unspecified atom stereocenters. The minimum absolute atomic E-state index is 0.176. The van der Waals surface area contributed by atoms with Crippen LogP contribution in [-0.2, 0) is 4.74 Å². The highest BCUT2D eigenvalue weighted by molar-refractivity contribution is 7.21. The number of para-hydroxylation sites is 1. The van der Waals surface area contributed by atoms with E-state index in [2.05, 4.69) is 27.1 Å². The number of rotatable bonds is 2. The van der Waals surface area contributed by atoms with Crippen molar-refractivity contribution in [2.24, 2.45) is 0 Å².